The van der Waals surface area contributed by atoms with Crippen LogP contribution in [0.25, 0.3) is 0 Å². The van der Waals surface area contributed by atoms with E-state index in [0.29, 0.717) is 18.4 Å². The van der Waals surface area contributed by atoms with Crippen LogP contribution in [0.2, 0.25) is 0 Å². The molecule has 0 amide bonds. The van der Waals surface area contributed by atoms with Crippen molar-refractivity contribution in [1.29, 1.82) is 0 Å². The Morgan fingerprint density at radius 1 is 1.32 bits per heavy atom. The number of nitrogens with one attached hydrogen (secondary N) is 1. The Morgan fingerprint density at radius 2 is 1.89 bits per heavy atom. The first-order chi connectivity index (χ1) is 8.74. The summed E-state index contributed by atoms with van der Waals surface area (Å²) in [7, 11) is -3.65. The highest BCUT2D eigenvalue weighted by Crippen LogP contribution is 2.16. The number of sulfonamides is 1. The Morgan fingerprint density at radius 3 is 2.37 bits per heavy atom. The first-order valence-electron chi connectivity index (χ1n) is 6.29. The largest absolute Gasteiger partial charge is 0.324 e. The average molecular weight is 288 g/mol. The molecule has 0 radical (unpaired) electrons. The standard InChI is InChI=1S/C13H21FN2O2S/c1-4-13(15,5-2)9-16-19(17,18)11-6-7-12(14)10(3)8-11/h6-8,16H,4-5,9,15H2,1-3H3. The third-order valence-corrected chi connectivity index (χ3v) is 4.86. The van der Waals surface area contributed by atoms with Crippen molar-refractivity contribution in [2.24, 2.45) is 5.73 Å². The molecule has 108 valence electrons. The molecule has 6 heteroatoms. The molecule has 0 saturated heterocycles. The first-order valence-corrected chi connectivity index (χ1v) is 7.77. The molecule has 0 spiro atoms. The number of nitrogens with two attached hydrogens (primary N) is 1. The normalized spacial score (nSPS) is 12.7. The molecule has 0 atom stereocenters. The molecule has 0 aliphatic carbocycles. The fraction of sp³-hybridized carbons (Fsp3) is 0.538. The number of hydrogen-bond donors (Lipinski definition) is 2. The summed E-state index contributed by atoms with van der Waals surface area (Å²) in [6.45, 7) is 5.53. The molecule has 0 aromatic heterocycles. The second-order valence-electron chi connectivity index (χ2n) is 4.81. The van der Waals surface area contributed by atoms with E-state index in [1.807, 2.05) is 13.8 Å². The second-order valence-corrected chi connectivity index (χ2v) is 6.57. The zero-order chi connectivity index (χ0) is 14.7. The predicted octanol–water partition coefficient (Wildman–Crippen LogP) is 1.93. The van der Waals surface area contributed by atoms with Gasteiger partial charge in [-0.15, -0.1) is 0 Å². The molecule has 0 aliphatic heterocycles. The van der Waals surface area contributed by atoms with Gasteiger partial charge in [0.15, 0.2) is 0 Å². The Bertz CT molecular complexity index is 540. The summed E-state index contributed by atoms with van der Waals surface area (Å²) in [5.74, 6) is -0.422. The molecule has 0 unspecified atom stereocenters. The minimum Gasteiger partial charge on any atom is -0.324 e. The molecule has 0 heterocycles. The lowest BCUT2D eigenvalue weighted by Gasteiger charge is -2.26. The van der Waals surface area contributed by atoms with Crippen LogP contribution in [-0.4, -0.2) is 20.5 Å². The van der Waals surface area contributed by atoms with Crippen molar-refractivity contribution in [3.63, 3.8) is 0 Å². The van der Waals surface area contributed by atoms with E-state index in [1.54, 1.807) is 0 Å². The van der Waals surface area contributed by atoms with Crippen LogP contribution in [0.15, 0.2) is 23.1 Å². The Kier molecular flexibility index (Phi) is 5.06. The zero-order valence-electron chi connectivity index (χ0n) is 11.5. The van der Waals surface area contributed by atoms with E-state index in [-0.39, 0.29) is 11.4 Å². The third kappa shape index (κ3) is 3.99. The van der Waals surface area contributed by atoms with Crippen molar-refractivity contribution >= 4 is 10.0 Å². The molecule has 3 N–H and O–H groups in total. The van der Waals surface area contributed by atoms with Gasteiger partial charge in [0.1, 0.15) is 5.82 Å². The van der Waals surface area contributed by atoms with Crippen LogP contribution in [0.1, 0.15) is 32.3 Å². The van der Waals surface area contributed by atoms with Gasteiger partial charge in [0.05, 0.1) is 4.90 Å². The number of rotatable bonds is 6. The van der Waals surface area contributed by atoms with Crippen molar-refractivity contribution in [3.05, 3.63) is 29.6 Å². The average Bonchev–Trinajstić information content (AvgIpc) is 2.39. The lowest BCUT2D eigenvalue weighted by Crippen LogP contribution is -2.49. The van der Waals surface area contributed by atoms with Crippen LogP contribution < -0.4 is 10.5 Å². The summed E-state index contributed by atoms with van der Waals surface area (Å²) in [6, 6.07) is 3.72. The number of benzene rings is 1. The van der Waals surface area contributed by atoms with E-state index in [1.165, 1.54) is 19.1 Å². The molecule has 1 aromatic rings. The second kappa shape index (κ2) is 5.98. The van der Waals surface area contributed by atoms with Gasteiger partial charge in [-0.25, -0.2) is 17.5 Å². The van der Waals surface area contributed by atoms with Crippen LogP contribution in [0.5, 0.6) is 0 Å². The Balaban J connectivity index is 2.90. The smallest absolute Gasteiger partial charge is 0.240 e. The Labute approximate surface area is 114 Å². The maximum atomic E-state index is 13.1. The SMILES string of the molecule is CCC(N)(CC)CNS(=O)(=O)c1ccc(F)c(C)c1. The molecule has 0 saturated carbocycles. The summed E-state index contributed by atoms with van der Waals surface area (Å²) in [4.78, 5) is 0.0564. The Hall–Kier alpha value is -0.980. The van der Waals surface area contributed by atoms with Crippen molar-refractivity contribution in [1.82, 2.24) is 4.72 Å². The first kappa shape index (κ1) is 16.1. The van der Waals surface area contributed by atoms with E-state index >= 15 is 0 Å². The molecule has 4 nitrogen and oxygen atoms in total. The van der Waals surface area contributed by atoms with Crippen molar-refractivity contribution in [2.45, 2.75) is 44.0 Å². The fourth-order valence-electron chi connectivity index (χ4n) is 1.61. The van der Waals surface area contributed by atoms with Gasteiger partial charge >= 0.3 is 0 Å². The molecule has 1 rings (SSSR count). The van der Waals surface area contributed by atoms with Crippen molar-refractivity contribution < 1.29 is 12.8 Å². The summed E-state index contributed by atoms with van der Waals surface area (Å²) in [6.07, 6.45) is 1.35. The van der Waals surface area contributed by atoms with Crippen LogP contribution in [-0.2, 0) is 10.0 Å². The summed E-state index contributed by atoms with van der Waals surface area (Å²) >= 11 is 0. The van der Waals surface area contributed by atoms with Crippen LogP contribution in [0.4, 0.5) is 4.39 Å². The van der Waals surface area contributed by atoms with E-state index in [0.717, 1.165) is 6.07 Å². The number of aryl methyl sites for hydroxylation is 1. The highest BCUT2D eigenvalue weighted by molar-refractivity contribution is 7.89. The topological polar surface area (TPSA) is 72.2 Å². The van der Waals surface area contributed by atoms with E-state index in [4.69, 9.17) is 5.73 Å². The van der Waals surface area contributed by atoms with Crippen LogP contribution >= 0.6 is 0 Å². The third-order valence-electron chi connectivity index (χ3n) is 3.46. The molecule has 19 heavy (non-hydrogen) atoms. The lowest BCUT2D eigenvalue weighted by atomic mass is 9.95. The summed E-state index contributed by atoms with van der Waals surface area (Å²) in [5, 5.41) is 0. The number of hydrogen-bond acceptors (Lipinski definition) is 3. The monoisotopic (exact) mass is 288 g/mol. The molecule has 1 aromatic carbocycles. The highest BCUT2D eigenvalue weighted by atomic mass is 32.2. The van der Waals surface area contributed by atoms with Gasteiger partial charge < -0.3 is 5.73 Å². The van der Waals surface area contributed by atoms with E-state index in [9.17, 15) is 12.8 Å². The zero-order valence-corrected chi connectivity index (χ0v) is 12.3. The van der Waals surface area contributed by atoms with Gasteiger partial charge in [-0.05, 0) is 43.5 Å². The van der Waals surface area contributed by atoms with Gasteiger partial charge in [0, 0.05) is 12.1 Å². The predicted molar refractivity (Wildman–Crippen MR) is 73.8 cm³/mol. The van der Waals surface area contributed by atoms with Crippen molar-refractivity contribution in [3.8, 4) is 0 Å². The quantitative estimate of drug-likeness (QED) is 0.840. The molecule has 0 bridgehead atoms. The highest BCUT2D eigenvalue weighted by Gasteiger charge is 2.24. The van der Waals surface area contributed by atoms with E-state index < -0.39 is 21.4 Å². The van der Waals surface area contributed by atoms with Gasteiger partial charge in [-0.1, -0.05) is 13.8 Å². The van der Waals surface area contributed by atoms with Crippen LogP contribution in [0.3, 0.4) is 0 Å². The van der Waals surface area contributed by atoms with Gasteiger partial charge in [-0.3, -0.25) is 0 Å². The maximum Gasteiger partial charge on any atom is 0.240 e. The maximum absolute atomic E-state index is 13.1. The lowest BCUT2D eigenvalue weighted by molar-refractivity contribution is 0.391. The molecular formula is C13H21FN2O2S. The van der Waals surface area contributed by atoms with Crippen LogP contribution in [0, 0.1) is 12.7 Å². The minimum atomic E-state index is -3.65. The molecule has 0 aliphatic rings. The molecule has 0 fully saturated rings. The van der Waals surface area contributed by atoms with Gasteiger partial charge in [0.2, 0.25) is 10.0 Å². The summed E-state index contributed by atoms with van der Waals surface area (Å²) in [5.41, 5.74) is 5.79. The van der Waals surface area contributed by atoms with Crippen molar-refractivity contribution in [2.75, 3.05) is 6.54 Å². The minimum absolute atomic E-state index is 0.0564. The van der Waals surface area contributed by atoms with Gasteiger partial charge in [0.25, 0.3) is 0 Å². The van der Waals surface area contributed by atoms with Gasteiger partial charge in [-0.2, -0.15) is 0 Å². The fourth-order valence-corrected chi connectivity index (χ4v) is 2.83. The van der Waals surface area contributed by atoms with E-state index in [2.05, 4.69) is 4.72 Å². The summed E-state index contributed by atoms with van der Waals surface area (Å²) < 4.78 is 39.8. The molecular weight excluding hydrogens is 267 g/mol. The number of halogens is 1.